The molecule has 21 heavy (non-hydrogen) atoms. The van der Waals surface area contributed by atoms with Crippen LogP contribution < -0.4 is 5.32 Å². The molecule has 0 bridgehead atoms. The van der Waals surface area contributed by atoms with Crippen LogP contribution in [0.3, 0.4) is 0 Å². The summed E-state index contributed by atoms with van der Waals surface area (Å²) in [6.45, 7) is 3.16. The summed E-state index contributed by atoms with van der Waals surface area (Å²) in [5.41, 5.74) is 2.42. The van der Waals surface area contributed by atoms with Crippen molar-refractivity contribution in [2.45, 2.75) is 25.7 Å². The molecule has 1 aromatic heterocycles. The van der Waals surface area contributed by atoms with E-state index in [1.165, 1.54) is 0 Å². The Labute approximate surface area is 122 Å². The molecule has 1 aromatic carbocycles. The number of benzene rings is 1. The number of carbonyl (C=O) groups is 2. The Kier molecular flexibility index (Phi) is 3.60. The monoisotopic (exact) mass is 286 g/mol. The maximum atomic E-state index is 11.4. The van der Waals surface area contributed by atoms with Crippen molar-refractivity contribution < 1.29 is 9.59 Å². The summed E-state index contributed by atoms with van der Waals surface area (Å²) in [6.07, 6.45) is 2.49. The molecule has 3 rings (SSSR count). The van der Waals surface area contributed by atoms with Gasteiger partial charge in [0.1, 0.15) is 11.3 Å². The number of carbonyl (C=O) groups excluding carboxylic acids is 2. The van der Waals surface area contributed by atoms with Crippen LogP contribution in [0.5, 0.6) is 0 Å². The number of H-pyrrole nitrogens is 1. The zero-order valence-corrected chi connectivity index (χ0v) is 11.9. The molecule has 1 aliphatic heterocycles. The van der Waals surface area contributed by atoms with Crippen LogP contribution in [-0.4, -0.2) is 40.3 Å². The van der Waals surface area contributed by atoms with Crippen LogP contribution >= 0.6 is 0 Å². The number of aromatic amines is 1. The van der Waals surface area contributed by atoms with Crippen LogP contribution in [0.2, 0.25) is 0 Å². The first-order valence-electron chi connectivity index (χ1n) is 7.13. The summed E-state index contributed by atoms with van der Waals surface area (Å²) in [5.74, 6) is 1.40. The molecule has 0 aliphatic carbocycles. The number of nitrogens with zero attached hydrogens (tertiary/aromatic N) is 2. The van der Waals surface area contributed by atoms with Crippen LogP contribution in [0.1, 0.15) is 31.5 Å². The lowest BCUT2D eigenvalue weighted by Gasteiger charge is -2.30. The van der Waals surface area contributed by atoms with E-state index in [0.29, 0.717) is 18.0 Å². The van der Waals surface area contributed by atoms with E-state index in [2.05, 4.69) is 15.3 Å². The van der Waals surface area contributed by atoms with Gasteiger partial charge in [0.2, 0.25) is 12.3 Å². The Morgan fingerprint density at radius 1 is 1.43 bits per heavy atom. The van der Waals surface area contributed by atoms with Crippen LogP contribution in [0.4, 0.5) is 5.69 Å². The minimum atomic E-state index is 0.135. The third-order valence-corrected chi connectivity index (χ3v) is 4.07. The van der Waals surface area contributed by atoms with Crippen molar-refractivity contribution in [1.29, 1.82) is 0 Å². The molecule has 0 atom stereocenters. The molecule has 0 unspecified atom stereocenters. The number of fused-ring (bicyclic) bond motifs is 1. The number of imidazole rings is 1. The summed E-state index contributed by atoms with van der Waals surface area (Å²) in [7, 11) is 0. The average molecular weight is 286 g/mol. The number of rotatable bonds is 3. The average Bonchev–Trinajstić information content (AvgIpc) is 2.93. The highest BCUT2D eigenvalue weighted by molar-refractivity contribution is 5.92. The minimum Gasteiger partial charge on any atom is -0.343 e. The van der Waals surface area contributed by atoms with E-state index in [9.17, 15) is 9.59 Å². The van der Waals surface area contributed by atoms with Gasteiger partial charge in [-0.25, -0.2) is 4.98 Å². The zero-order chi connectivity index (χ0) is 14.8. The molecule has 6 heteroatoms. The Balaban J connectivity index is 1.83. The molecule has 2 amide bonds. The Morgan fingerprint density at radius 3 is 2.86 bits per heavy atom. The number of hydrogen-bond acceptors (Lipinski definition) is 3. The third-order valence-electron chi connectivity index (χ3n) is 4.07. The highest BCUT2D eigenvalue weighted by atomic mass is 16.2. The number of anilines is 1. The van der Waals surface area contributed by atoms with Gasteiger partial charge in [-0.05, 0) is 25.0 Å². The number of likely N-dealkylation sites (tertiary alicyclic amines) is 1. The number of aromatic nitrogens is 2. The summed E-state index contributed by atoms with van der Waals surface area (Å²) in [6, 6.07) is 5.67. The molecular weight excluding hydrogens is 268 g/mol. The van der Waals surface area contributed by atoms with Crippen molar-refractivity contribution in [3.63, 3.8) is 0 Å². The fraction of sp³-hybridized carbons (Fsp3) is 0.400. The molecule has 110 valence electrons. The first kappa shape index (κ1) is 13.6. The second-order valence-electron chi connectivity index (χ2n) is 5.37. The number of para-hydroxylation sites is 1. The normalized spacial score (nSPS) is 16.1. The van der Waals surface area contributed by atoms with Gasteiger partial charge >= 0.3 is 0 Å². The Hall–Kier alpha value is -2.37. The van der Waals surface area contributed by atoms with E-state index in [1.807, 2.05) is 23.1 Å². The van der Waals surface area contributed by atoms with Crippen LogP contribution in [-0.2, 0) is 9.59 Å². The molecule has 2 aromatic rings. The van der Waals surface area contributed by atoms with E-state index in [1.54, 1.807) is 6.92 Å². The number of piperidine rings is 1. The van der Waals surface area contributed by atoms with Crippen LogP contribution in [0, 0.1) is 0 Å². The van der Waals surface area contributed by atoms with E-state index in [0.717, 1.165) is 42.8 Å². The van der Waals surface area contributed by atoms with Gasteiger partial charge in [-0.15, -0.1) is 0 Å². The van der Waals surface area contributed by atoms with Crippen molar-refractivity contribution >= 4 is 29.0 Å². The molecule has 0 spiro atoms. The maximum absolute atomic E-state index is 11.4. The topological polar surface area (TPSA) is 78.1 Å². The lowest BCUT2D eigenvalue weighted by atomic mass is 9.96. The molecule has 2 N–H and O–H groups in total. The first-order valence-corrected chi connectivity index (χ1v) is 7.13. The number of nitrogens with one attached hydrogen (secondary N) is 2. The summed E-state index contributed by atoms with van der Waals surface area (Å²) in [5, 5.41) is 2.67. The molecule has 6 nitrogen and oxygen atoms in total. The second-order valence-corrected chi connectivity index (χ2v) is 5.37. The Morgan fingerprint density at radius 2 is 2.19 bits per heavy atom. The third kappa shape index (κ3) is 2.61. The second kappa shape index (κ2) is 5.55. The predicted octanol–water partition coefficient (Wildman–Crippen LogP) is 1.86. The molecule has 2 heterocycles. The van der Waals surface area contributed by atoms with Gasteiger partial charge in [-0.2, -0.15) is 0 Å². The summed E-state index contributed by atoms with van der Waals surface area (Å²) >= 11 is 0. The predicted molar refractivity (Wildman–Crippen MR) is 80.0 cm³/mol. The first-order chi connectivity index (χ1) is 10.2. The quantitative estimate of drug-likeness (QED) is 0.845. The van der Waals surface area contributed by atoms with Gasteiger partial charge in [0.05, 0.1) is 11.2 Å². The summed E-state index contributed by atoms with van der Waals surface area (Å²) < 4.78 is 0. The Bertz CT molecular complexity index is 671. The fourth-order valence-electron chi connectivity index (χ4n) is 2.89. The van der Waals surface area contributed by atoms with Crippen LogP contribution in [0.25, 0.3) is 11.0 Å². The molecule has 1 aliphatic rings. The molecular formula is C15H18N4O2. The van der Waals surface area contributed by atoms with E-state index in [4.69, 9.17) is 0 Å². The van der Waals surface area contributed by atoms with Gasteiger partial charge in [0.15, 0.2) is 0 Å². The van der Waals surface area contributed by atoms with Gasteiger partial charge in [0, 0.05) is 25.9 Å². The van der Waals surface area contributed by atoms with Crippen molar-refractivity contribution in [2.75, 3.05) is 18.4 Å². The zero-order valence-electron chi connectivity index (χ0n) is 11.9. The van der Waals surface area contributed by atoms with Crippen molar-refractivity contribution in [1.82, 2.24) is 14.9 Å². The van der Waals surface area contributed by atoms with E-state index < -0.39 is 0 Å². The van der Waals surface area contributed by atoms with Gasteiger partial charge < -0.3 is 15.2 Å². The maximum Gasteiger partial charge on any atom is 0.219 e. The molecule has 1 fully saturated rings. The van der Waals surface area contributed by atoms with Gasteiger partial charge in [-0.1, -0.05) is 6.07 Å². The largest absolute Gasteiger partial charge is 0.343 e. The molecule has 0 radical (unpaired) electrons. The van der Waals surface area contributed by atoms with Gasteiger partial charge in [-0.3, -0.25) is 9.59 Å². The summed E-state index contributed by atoms with van der Waals surface area (Å²) in [4.78, 5) is 31.9. The van der Waals surface area contributed by atoms with Crippen molar-refractivity contribution in [3.8, 4) is 0 Å². The lowest BCUT2D eigenvalue weighted by Crippen LogP contribution is -2.36. The highest BCUT2D eigenvalue weighted by Gasteiger charge is 2.24. The minimum absolute atomic E-state index is 0.135. The standard InChI is InChI=1S/C15H18N4O2/c1-10(21)19-7-5-11(6-8-19)15-17-13-4-2-3-12(16-9-20)14(13)18-15/h2-4,9,11H,5-8H2,1H3,(H,16,20)(H,17,18). The lowest BCUT2D eigenvalue weighted by molar-refractivity contribution is -0.129. The van der Waals surface area contributed by atoms with Gasteiger partial charge in [0.25, 0.3) is 0 Å². The number of hydrogen-bond donors (Lipinski definition) is 2. The van der Waals surface area contributed by atoms with Crippen LogP contribution in [0.15, 0.2) is 18.2 Å². The highest BCUT2D eigenvalue weighted by Crippen LogP contribution is 2.29. The SMILES string of the molecule is CC(=O)N1CCC(c2nc3c(NC=O)cccc3[nH]2)CC1. The smallest absolute Gasteiger partial charge is 0.219 e. The van der Waals surface area contributed by atoms with Crippen molar-refractivity contribution in [3.05, 3.63) is 24.0 Å². The molecule has 1 saturated heterocycles. The van der Waals surface area contributed by atoms with Crippen molar-refractivity contribution in [2.24, 2.45) is 0 Å². The fourth-order valence-corrected chi connectivity index (χ4v) is 2.89. The number of amides is 2. The van der Waals surface area contributed by atoms with E-state index in [-0.39, 0.29) is 5.91 Å². The molecule has 0 saturated carbocycles. The van der Waals surface area contributed by atoms with E-state index >= 15 is 0 Å².